The van der Waals surface area contributed by atoms with Crippen LogP contribution in [0.4, 0.5) is 0 Å². The van der Waals surface area contributed by atoms with Gasteiger partial charge in [-0.2, -0.15) is 0 Å². The Hall–Kier alpha value is -0.590. The summed E-state index contributed by atoms with van der Waals surface area (Å²) in [5.74, 6) is 2.60. The predicted molar refractivity (Wildman–Crippen MR) is 44.1 cm³/mol. The van der Waals surface area contributed by atoms with Gasteiger partial charge < -0.3 is 0 Å². The third kappa shape index (κ3) is 0.867. The lowest BCUT2D eigenvalue weighted by Gasteiger charge is -2.21. The van der Waals surface area contributed by atoms with Gasteiger partial charge in [0.15, 0.2) is 0 Å². The Morgan fingerprint density at radius 1 is 1.36 bits per heavy atom. The van der Waals surface area contributed by atoms with Gasteiger partial charge in [0, 0.05) is 5.92 Å². The van der Waals surface area contributed by atoms with Gasteiger partial charge in [-0.05, 0) is 31.1 Å². The monoisotopic (exact) mass is 150 g/mol. The van der Waals surface area contributed by atoms with Crippen molar-refractivity contribution in [3.8, 4) is 0 Å². The maximum atomic E-state index is 11.2. The van der Waals surface area contributed by atoms with E-state index in [4.69, 9.17) is 0 Å². The number of carbonyl (C=O) groups excluding carboxylic acids is 1. The maximum absolute atomic E-state index is 11.2. The summed E-state index contributed by atoms with van der Waals surface area (Å²) in [6.07, 6.45) is 5.75. The van der Waals surface area contributed by atoms with Gasteiger partial charge in [0.05, 0.1) is 0 Å². The first kappa shape index (κ1) is 7.08. The number of allylic oxidation sites excluding steroid dienone is 2. The summed E-state index contributed by atoms with van der Waals surface area (Å²) in [7, 11) is 0. The van der Waals surface area contributed by atoms with Gasteiger partial charge in [-0.1, -0.05) is 19.1 Å². The number of ketones is 1. The average molecular weight is 150 g/mol. The summed E-state index contributed by atoms with van der Waals surface area (Å²) in [5, 5.41) is 0. The van der Waals surface area contributed by atoms with Crippen LogP contribution in [-0.4, -0.2) is 5.78 Å². The molecular weight excluding hydrogens is 136 g/mol. The number of Topliss-reactive ketones (excluding diaryl/α,β-unsaturated/α-hetero) is 1. The normalized spacial score (nSPS) is 46.7. The molecule has 0 heterocycles. The highest BCUT2D eigenvalue weighted by Crippen LogP contribution is 2.47. The molecule has 0 aromatic heterocycles. The van der Waals surface area contributed by atoms with E-state index >= 15 is 0 Å². The minimum atomic E-state index is 0.338. The second kappa shape index (κ2) is 2.20. The number of carbonyl (C=O) groups is 1. The van der Waals surface area contributed by atoms with Crippen molar-refractivity contribution in [3.63, 3.8) is 0 Å². The van der Waals surface area contributed by atoms with Crippen molar-refractivity contribution in [2.45, 2.75) is 20.3 Å². The van der Waals surface area contributed by atoms with E-state index in [2.05, 4.69) is 19.1 Å². The molecule has 0 unspecified atom stereocenters. The number of hydrogen-bond acceptors (Lipinski definition) is 1. The van der Waals surface area contributed by atoms with Crippen molar-refractivity contribution in [1.29, 1.82) is 0 Å². The fourth-order valence-corrected chi connectivity index (χ4v) is 2.74. The van der Waals surface area contributed by atoms with Crippen LogP contribution in [-0.2, 0) is 4.79 Å². The van der Waals surface area contributed by atoms with Gasteiger partial charge in [0.1, 0.15) is 5.78 Å². The molecule has 1 fully saturated rings. The van der Waals surface area contributed by atoms with E-state index in [1.807, 2.05) is 0 Å². The van der Waals surface area contributed by atoms with Gasteiger partial charge in [0.2, 0.25) is 0 Å². The lowest BCUT2D eigenvalue weighted by molar-refractivity contribution is -0.122. The summed E-state index contributed by atoms with van der Waals surface area (Å²) in [6, 6.07) is 0. The van der Waals surface area contributed by atoms with Crippen LogP contribution in [0.1, 0.15) is 20.3 Å². The SMILES string of the molecule is CC(=O)[C@@H]1[C@H](C)[C@H]2C=C[C@@H]1C2. The molecule has 2 bridgehead atoms. The summed E-state index contributed by atoms with van der Waals surface area (Å²) in [4.78, 5) is 11.2. The van der Waals surface area contributed by atoms with Crippen LogP contribution in [0.5, 0.6) is 0 Å². The van der Waals surface area contributed by atoms with Gasteiger partial charge in [-0.3, -0.25) is 4.79 Å². The summed E-state index contributed by atoms with van der Waals surface area (Å²) in [6.45, 7) is 3.94. The Morgan fingerprint density at radius 2 is 2.00 bits per heavy atom. The van der Waals surface area contributed by atoms with Crippen LogP contribution < -0.4 is 0 Å². The van der Waals surface area contributed by atoms with E-state index in [1.165, 1.54) is 6.42 Å². The Bertz CT molecular complexity index is 217. The molecule has 1 saturated carbocycles. The third-order valence-corrected chi connectivity index (χ3v) is 3.32. The van der Waals surface area contributed by atoms with E-state index < -0.39 is 0 Å². The molecule has 0 amide bonds. The number of rotatable bonds is 1. The van der Waals surface area contributed by atoms with E-state index in [9.17, 15) is 4.79 Å². The van der Waals surface area contributed by atoms with Crippen molar-refractivity contribution in [1.82, 2.24) is 0 Å². The summed E-state index contributed by atoms with van der Waals surface area (Å²) < 4.78 is 0. The molecule has 4 atom stereocenters. The fourth-order valence-electron chi connectivity index (χ4n) is 2.74. The second-order valence-corrected chi connectivity index (χ2v) is 3.94. The van der Waals surface area contributed by atoms with E-state index in [-0.39, 0.29) is 0 Å². The molecule has 1 nitrogen and oxygen atoms in total. The lowest BCUT2D eigenvalue weighted by Crippen LogP contribution is -2.23. The first-order valence-corrected chi connectivity index (χ1v) is 4.39. The highest BCUT2D eigenvalue weighted by atomic mass is 16.1. The fraction of sp³-hybridized carbons (Fsp3) is 0.700. The van der Waals surface area contributed by atoms with Crippen LogP contribution in [0.2, 0.25) is 0 Å². The van der Waals surface area contributed by atoms with Crippen molar-refractivity contribution < 1.29 is 4.79 Å². The first-order chi connectivity index (χ1) is 5.20. The van der Waals surface area contributed by atoms with E-state index in [0.717, 1.165) is 0 Å². The molecule has 0 aromatic carbocycles. The Labute approximate surface area is 67.5 Å². The largest absolute Gasteiger partial charge is 0.300 e. The molecule has 0 aromatic rings. The zero-order chi connectivity index (χ0) is 8.01. The molecule has 2 rings (SSSR count). The average Bonchev–Trinajstić information content (AvgIpc) is 2.44. The van der Waals surface area contributed by atoms with Crippen LogP contribution >= 0.6 is 0 Å². The molecule has 0 saturated heterocycles. The Balaban J connectivity index is 2.25. The minimum Gasteiger partial charge on any atom is -0.300 e. The third-order valence-electron chi connectivity index (χ3n) is 3.32. The van der Waals surface area contributed by atoms with Crippen molar-refractivity contribution in [2.75, 3.05) is 0 Å². The standard InChI is InChI=1S/C10H14O/c1-6-8-3-4-9(5-8)10(6)7(2)11/h3-4,6,8-10H,5H2,1-2H3/t6-,8+,9-,10+/m1/s1. The molecule has 1 heteroatoms. The van der Waals surface area contributed by atoms with Crippen molar-refractivity contribution >= 4 is 5.78 Å². The zero-order valence-corrected chi connectivity index (χ0v) is 7.08. The van der Waals surface area contributed by atoms with Gasteiger partial charge in [0.25, 0.3) is 0 Å². The highest BCUT2D eigenvalue weighted by Gasteiger charge is 2.43. The quantitative estimate of drug-likeness (QED) is 0.523. The predicted octanol–water partition coefficient (Wildman–Crippen LogP) is 2.03. The minimum absolute atomic E-state index is 0.338. The molecular formula is C10H14O. The first-order valence-electron chi connectivity index (χ1n) is 4.39. The van der Waals surface area contributed by atoms with Crippen LogP contribution in [0.25, 0.3) is 0 Å². The van der Waals surface area contributed by atoms with Crippen LogP contribution in [0.15, 0.2) is 12.2 Å². The summed E-state index contributed by atoms with van der Waals surface area (Å²) >= 11 is 0. The molecule has 2 aliphatic rings. The molecule has 0 spiro atoms. The number of fused-ring (bicyclic) bond motifs is 2. The summed E-state index contributed by atoms with van der Waals surface area (Å²) in [5.41, 5.74) is 0. The lowest BCUT2D eigenvalue weighted by atomic mass is 9.82. The second-order valence-electron chi connectivity index (χ2n) is 3.94. The molecule has 0 N–H and O–H groups in total. The topological polar surface area (TPSA) is 17.1 Å². The number of hydrogen-bond donors (Lipinski definition) is 0. The molecule has 0 aliphatic heterocycles. The maximum Gasteiger partial charge on any atom is 0.133 e. The highest BCUT2D eigenvalue weighted by molar-refractivity contribution is 5.80. The molecule has 0 radical (unpaired) electrons. The Morgan fingerprint density at radius 3 is 2.36 bits per heavy atom. The van der Waals surface area contributed by atoms with E-state index in [1.54, 1.807) is 6.92 Å². The van der Waals surface area contributed by atoms with Gasteiger partial charge in [-0.15, -0.1) is 0 Å². The van der Waals surface area contributed by atoms with E-state index in [0.29, 0.717) is 29.5 Å². The molecule has 2 aliphatic carbocycles. The van der Waals surface area contributed by atoms with Crippen LogP contribution in [0, 0.1) is 23.7 Å². The van der Waals surface area contributed by atoms with Gasteiger partial charge >= 0.3 is 0 Å². The molecule has 60 valence electrons. The van der Waals surface area contributed by atoms with Crippen molar-refractivity contribution in [2.24, 2.45) is 23.7 Å². The molecule has 11 heavy (non-hydrogen) atoms. The Kier molecular flexibility index (Phi) is 1.41. The smallest absolute Gasteiger partial charge is 0.133 e. The van der Waals surface area contributed by atoms with Gasteiger partial charge in [-0.25, -0.2) is 0 Å². The van der Waals surface area contributed by atoms with Crippen LogP contribution in [0.3, 0.4) is 0 Å². The zero-order valence-electron chi connectivity index (χ0n) is 7.08. The van der Waals surface area contributed by atoms with Crippen molar-refractivity contribution in [3.05, 3.63) is 12.2 Å².